The van der Waals surface area contributed by atoms with Gasteiger partial charge in [0.1, 0.15) is 18.4 Å². The van der Waals surface area contributed by atoms with E-state index in [2.05, 4.69) is 0 Å². The standard InChI is InChI=1S/C20H19Cl2NO7S/c21-14-1-3-17(4-2-14)31(26,27)23-8-16(24)7-18(23)20(25)29-10-13-6-15(22)5-12-9-28-11-30-19(12)13/h1-6,16,18,24H,7-11H2/t16-,18-/m1/s1. The first-order chi connectivity index (χ1) is 14.8. The number of benzene rings is 2. The molecule has 2 aliphatic heterocycles. The molecular weight excluding hydrogens is 469 g/mol. The smallest absolute Gasteiger partial charge is 0.324 e. The van der Waals surface area contributed by atoms with Crippen LogP contribution in [0.5, 0.6) is 5.75 Å². The number of ether oxygens (including phenoxy) is 3. The minimum atomic E-state index is -4.04. The number of esters is 1. The van der Waals surface area contributed by atoms with Gasteiger partial charge < -0.3 is 19.3 Å². The van der Waals surface area contributed by atoms with Crippen molar-refractivity contribution in [1.29, 1.82) is 0 Å². The van der Waals surface area contributed by atoms with Crippen molar-refractivity contribution in [3.05, 3.63) is 57.6 Å². The van der Waals surface area contributed by atoms with Crippen molar-refractivity contribution < 1.29 is 32.5 Å². The number of hydrogen-bond acceptors (Lipinski definition) is 7. The molecule has 1 fully saturated rings. The molecule has 4 rings (SSSR count). The van der Waals surface area contributed by atoms with E-state index in [1.54, 1.807) is 12.1 Å². The highest BCUT2D eigenvalue weighted by molar-refractivity contribution is 7.89. The summed E-state index contributed by atoms with van der Waals surface area (Å²) in [4.78, 5) is 12.8. The fourth-order valence-electron chi connectivity index (χ4n) is 3.62. The summed E-state index contributed by atoms with van der Waals surface area (Å²) in [6.07, 6.45) is -1.05. The van der Waals surface area contributed by atoms with Crippen LogP contribution in [-0.4, -0.2) is 49.3 Å². The van der Waals surface area contributed by atoms with Crippen molar-refractivity contribution in [2.75, 3.05) is 13.3 Å². The van der Waals surface area contributed by atoms with Crippen molar-refractivity contribution >= 4 is 39.2 Å². The lowest BCUT2D eigenvalue weighted by Crippen LogP contribution is -2.41. The molecule has 11 heteroatoms. The topological polar surface area (TPSA) is 102 Å². The maximum absolute atomic E-state index is 13.0. The van der Waals surface area contributed by atoms with Crippen LogP contribution in [-0.2, 0) is 37.5 Å². The van der Waals surface area contributed by atoms with Crippen molar-refractivity contribution in [3.8, 4) is 5.75 Å². The molecule has 0 amide bonds. The maximum atomic E-state index is 13.0. The molecule has 0 saturated carbocycles. The van der Waals surface area contributed by atoms with Crippen LogP contribution in [0, 0.1) is 0 Å². The number of aliphatic hydroxyl groups excluding tert-OH is 1. The van der Waals surface area contributed by atoms with E-state index in [0.717, 1.165) is 9.87 Å². The van der Waals surface area contributed by atoms with E-state index in [0.29, 0.717) is 28.0 Å². The van der Waals surface area contributed by atoms with Gasteiger partial charge in [0.25, 0.3) is 0 Å². The van der Waals surface area contributed by atoms with Gasteiger partial charge in [-0.05, 0) is 36.4 Å². The number of nitrogens with zero attached hydrogens (tertiary/aromatic N) is 1. The third-order valence-corrected chi connectivity index (χ3v) is 7.41. The summed E-state index contributed by atoms with van der Waals surface area (Å²) in [5.41, 5.74) is 1.28. The van der Waals surface area contributed by atoms with Crippen LogP contribution in [0.15, 0.2) is 41.3 Å². The monoisotopic (exact) mass is 487 g/mol. The first-order valence-electron chi connectivity index (χ1n) is 9.39. The molecule has 31 heavy (non-hydrogen) atoms. The summed E-state index contributed by atoms with van der Waals surface area (Å²) in [6, 6.07) is 7.75. The Kier molecular flexibility index (Phi) is 6.43. The zero-order valence-corrected chi connectivity index (χ0v) is 18.5. The average Bonchev–Trinajstić information content (AvgIpc) is 3.14. The zero-order chi connectivity index (χ0) is 22.2. The Balaban J connectivity index is 1.53. The third kappa shape index (κ3) is 4.67. The fourth-order valence-corrected chi connectivity index (χ4v) is 5.63. The van der Waals surface area contributed by atoms with Crippen molar-refractivity contribution in [3.63, 3.8) is 0 Å². The molecule has 8 nitrogen and oxygen atoms in total. The Hall–Kier alpha value is -1.88. The van der Waals surface area contributed by atoms with Crippen LogP contribution in [0.2, 0.25) is 10.0 Å². The second kappa shape index (κ2) is 8.93. The summed E-state index contributed by atoms with van der Waals surface area (Å²) in [5, 5.41) is 10.9. The third-order valence-electron chi connectivity index (χ3n) is 5.05. The van der Waals surface area contributed by atoms with Gasteiger partial charge in [-0.2, -0.15) is 4.31 Å². The number of β-amino-alcohol motifs (C(OH)–C–C–N with tert-alkyl or cyclic N) is 1. The number of fused-ring (bicyclic) bond motifs is 1. The molecule has 2 aliphatic rings. The highest BCUT2D eigenvalue weighted by Gasteiger charge is 2.44. The largest absolute Gasteiger partial charge is 0.467 e. The minimum Gasteiger partial charge on any atom is -0.467 e. The molecule has 0 aromatic heterocycles. The van der Waals surface area contributed by atoms with Crippen LogP contribution in [0.1, 0.15) is 17.5 Å². The summed E-state index contributed by atoms with van der Waals surface area (Å²) >= 11 is 12.0. The van der Waals surface area contributed by atoms with Crippen LogP contribution < -0.4 is 4.74 Å². The predicted octanol–water partition coefficient (Wildman–Crippen LogP) is 2.73. The first-order valence-corrected chi connectivity index (χ1v) is 11.6. The fraction of sp³-hybridized carbons (Fsp3) is 0.350. The van der Waals surface area contributed by atoms with Gasteiger partial charge in [0.15, 0.2) is 6.79 Å². The highest BCUT2D eigenvalue weighted by atomic mass is 35.5. The van der Waals surface area contributed by atoms with E-state index in [9.17, 15) is 18.3 Å². The highest BCUT2D eigenvalue weighted by Crippen LogP contribution is 2.33. The minimum absolute atomic E-state index is 0.0267. The molecule has 0 spiro atoms. The predicted molar refractivity (Wildman–Crippen MR) is 111 cm³/mol. The molecule has 0 unspecified atom stereocenters. The molecule has 0 aliphatic carbocycles. The molecule has 0 bridgehead atoms. The Morgan fingerprint density at radius 1 is 1.19 bits per heavy atom. The zero-order valence-electron chi connectivity index (χ0n) is 16.2. The normalized spacial score (nSPS) is 21.4. The van der Waals surface area contributed by atoms with Gasteiger partial charge >= 0.3 is 5.97 Å². The van der Waals surface area contributed by atoms with Crippen LogP contribution in [0.3, 0.4) is 0 Å². The van der Waals surface area contributed by atoms with E-state index in [1.165, 1.54) is 24.3 Å². The molecule has 2 aromatic carbocycles. The number of carbonyl (C=O) groups is 1. The van der Waals surface area contributed by atoms with E-state index >= 15 is 0 Å². The quantitative estimate of drug-likeness (QED) is 0.646. The lowest BCUT2D eigenvalue weighted by Gasteiger charge is -2.24. The van der Waals surface area contributed by atoms with Crippen molar-refractivity contribution in [1.82, 2.24) is 4.31 Å². The number of sulfonamides is 1. The van der Waals surface area contributed by atoms with Crippen molar-refractivity contribution in [2.24, 2.45) is 0 Å². The number of aliphatic hydroxyl groups is 1. The molecule has 0 radical (unpaired) electrons. The van der Waals surface area contributed by atoms with Crippen molar-refractivity contribution in [2.45, 2.75) is 36.7 Å². The van der Waals surface area contributed by atoms with Gasteiger partial charge in [-0.15, -0.1) is 0 Å². The number of halogens is 2. The van der Waals surface area contributed by atoms with Gasteiger partial charge in [0.05, 0.1) is 17.6 Å². The lowest BCUT2D eigenvalue weighted by atomic mass is 10.1. The maximum Gasteiger partial charge on any atom is 0.324 e. The Morgan fingerprint density at radius 2 is 1.94 bits per heavy atom. The Morgan fingerprint density at radius 3 is 2.68 bits per heavy atom. The van der Waals surface area contributed by atoms with Crippen LogP contribution >= 0.6 is 23.2 Å². The van der Waals surface area contributed by atoms with E-state index in [1.807, 2.05) is 0 Å². The number of hydrogen-bond donors (Lipinski definition) is 1. The summed E-state index contributed by atoms with van der Waals surface area (Å²) in [7, 11) is -4.04. The summed E-state index contributed by atoms with van der Waals surface area (Å²) in [5.74, 6) is -0.240. The second-order valence-electron chi connectivity index (χ2n) is 7.21. The first kappa shape index (κ1) is 22.3. The summed E-state index contributed by atoms with van der Waals surface area (Å²) < 4.78 is 43.1. The number of carbonyl (C=O) groups excluding carboxylic acids is 1. The van der Waals surface area contributed by atoms with E-state index < -0.39 is 28.1 Å². The van der Waals surface area contributed by atoms with Gasteiger partial charge in [0, 0.05) is 34.1 Å². The van der Waals surface area contributed by atoms with E-state index in [4.69, 9.17) is 37.4 Å². The molecule has 2 heterocycles. The molecular formula is C20H19Cl2NO7S. The second-order valence-corrected chi connectivity index (χ2v) is 9.97. The average molecular weight is 488 g/mol. The van der Waals surface area contributed by atoms with Gasteiger partial charge in [-0.25, -0.2) is 8.42 Å². The van der Waals surface area contributed by atoms with Gasteiger partial charge in [-0.1, -0.05) is 23.2 Å². The number of rotatable bonds is 5. The lowest BCUT2D eigenvalue weighted by molar-refractivity contribution is -0.149. The molecule has 1 saturated heterocycles. The molecule has 1 N–H and O–H groups in total. The SMILES string of the molecule is O=C(OCc1cc(Cl)cc2c1OCOC2)[C@H]1C[C@@H](O)CN1S(=O)(=O)c1ccc(Cl)cc1. The summed E-state index contributed by atoms with van der Waals surface area (Å²) in [6.45, 7) is 0.0111. The Labute approximate surface area is 189 Å². The Bertz CT molecular complexity index is 1090. The molecule has 2 atom stereocenters. The molecule has 166 valence electrons. The molecule has 2 aromatic rings. The van der Waals surface area contributed by atoms with Gasteiger partial charge in [0.2, 0.25) is 10.0 Å². The van der Waals surface area contributed by atoms with E-state index in [-0.39, 0.29) is 31.3 Å². The van der Waals surface area contributed by atoms with Gasteiger partial charge in [-0.3, -0.25) is 4.79 Å². The van der Waals surface area contributed by atoms with Crippen LogP contribution in [0.4, 0.5) is 0 Å². The van der Waals surface area contributed by atoms with Crippen LogP contribution in [0.25, 0.3) is 0 Å².